The molecule has 0 radical (unpaired) electrons. The molecule has 0 amide bonds. The van der Waals surface area contributed by atoms with E-state index in [9.17, 15) is 0 Å². The van der Waals surface area contributed by atoms with Gasteiger partial charge in [-0.05, 0) is 25.8 Å². The van der Waals surface area contributed by atoms with Gasteiger partial charge in [0, 0.05) is 0 Å². The van der Waals surface area contributed by atoms with Gasteiger partial charge in [-0.1, -0.05) is 0 Å². The molecule has 0 aromatic carbocycles. The lowest BCUT2D eigenvalue weighted by atomic mass is 10.1. The maximum absolute atomic E-state index is 5.42. The van der Waals surface area contributed by atoms with Crippen molar-refractivity contribution in [2.45, 2.75) is 19.4 Å². The summed E-state index contributed by atoms with van der Waals surface area (Å²) in [5, 5.41) is 0. The molecule has 1 heterocycles. The van der Waals surface area contributed by atoms with E-state index in [0.29, 0.717) is 12.0 Å². The molecule has 1 aliphatic heterocycles. The van der Waals surface area contributed by atoms with Crippen molar-refractivity contribution in [3.63, 3.8) is 0 Å². The van der Waals surface area contributed by atoms with E-state index >= 15 is 0 Å². The van der Waals surface area contributed by atoms with E-state index in [4.69, 9.17) is 10.5 Å². The van der Waals surface area contributed by atoms with Gasteiger partial charge < -0.3 is 10.5 Å². The van der Waals surface area contributed by atoms with Gasteiger partial charge in [0.25, 0.3) is 0 Å². The fraction of sp³-hybridized carbons (Fsp3) is 1.00. The Morgan fingerprint density at radius 1 is 1.67 bits per heavy atom. The van der Waals surface area contributed by atoms with Crippen molar-refractivity contribution in [1.29, 1.82) is 0 Å². The Morgan fingerprint density at radius 3 is 2.56 bits per heavy atom. The van der Waals surface area contributed by atoms with Crippen LogP contribution in [0.5, 0.6) is 0 Å². The highest BCUT2D eigenvalue weighted by Crippen LogP contribution is 2.16. The van der Waals surface area contributed by atoms with Crippen LogP contribution in [0.2, 0.25) is 0 Å². The first-order valence-electron chi connectivity index (χ1n) is 3.14. The Hall–Kier alpha value is 0.210. The zero-order chi connectivity index (χ0) is 5.98. The van der Waals surface area contributed by atoms with Crippen molar-refractivity contribution in [2.24, 2.45) is 11.7 Å². The quantitative estimate of drug-likeness (QED) is 0.602. The zero-order valence-corrected chi connectivity index (χ0v) is 6.49. The van der Waals surface area contributed by atoms with Gasteiger partial charge in [0.15, 0.2) is 0 Å². The largest absolute Gasteiger partial charge is 0.378 e. The minimum absolute atomic E-state index is 0. The fourth-order valence-electron chi connectivity index (χ4n) is 1.07. The molecule has 1 rings (SSSR count). The predicted molar refractivity (Wildman–Crippen MR) is 39.8 cm³/mol. The number of hydrogen-bond donors (Lipinski definition) is 1. The molecule has 0 aromatic rings. The third-order valence-corrected chi connectivity index (χ3v) is 1.62. The van der Waals surface area contributed by atoms with Crippen molar-refractivity contribution in [1.82, 2.24) is 0 Å². The summed E-state index contributed by atoms with van der Waals surface area (Å²) in [6, 6.07) is 0. The fourth-order valence-corrected chi connectivity index (χ4v) is 1.07. The summed E-state index contributed by atoms with van der Waals surface area (Å²) in [6.45, 7) is 3.75. The van der Waals surface area contributed by atoms with Crippen LogP contribution in [0.25, 0.3) is 0 Å². The number of ether oxygens (including phenoxy) is 1. The molecule has 2 atom stereocenters. The van der Waals surface area contributed by atoms with Crippen molar-refractivity contribution < 1.29 is 4.74 Å². The molecule has 1 aliphatic rings. The van der Waals surface area contributed by atoms with Crippen LogP contribution in [0.15, 0.2) is 0 Å². The monoisotopic (exact) mass is 151 g/mol. The summed E-state index contributed by atoms with van der Waals surface area (Å²) in [7, 11) is 0. The molecule has 2 nitrogen and oxygen atoms in total. The van der Waals surface area contributed by atoms with Crippen LogP contribution in [-0.2, 0) is 4.74 Å². The van der Waals surface area contributed by atoms with E-state index in [0.717, 1.165) is 19.6 Å². The van der Waals surface area contributed by atoms with E-state index in [1.54, 1.807) is 0 Å². The smallest absolute Gasteiger partial charge is 0.0551 e. The average molecular weight is 152 g/mol. The van der Waals surface area contributed by atoms with Crippen LogP contribution in [0.1, 0.15) is 13.3 Å². The van der Waals surface area contributed by atoms with Crippen molar-refractivity contribution in [3.05, 3.63) is 0 Å². The van der Waals surface area contributed by atoms with Crippen LogP contribution < -0.4 is 5.73 Å². The molecule has 1 saturated heterocycles. The first-order chi connectivity index (χ1) is 3.83. The molecule has 0 unspecified atom stereocenters. The van der Waals surface area contributed by atoms with Crippen LogP contribution >= 0.6 is 12.4 Å². The summed E-state index contributed by atoms with van der Waals surface area (Å²) >= 11 is 0. The Balaban J connectivity index is 0.000000640. The van der Waals surface area contributed by atoms with Crippen molar-refractivity contribution >= 4 is 12.4 Å². The molecule has 9 heavy (non-hydrogen) atoms. The highest BCUT2D eigenvalue weighted by molar-refractivity contribution is 5.85. The van der Waals surface area contributed by atoms with E-state index in [2.05, 4.69) is 6.92 Å². The molecule has 0 spiro atoms. The Kier molecular flexibility index (Phi) is 4.19. The SMILES string of the molecule is C[C@@H]1C[C@H](CN)CO1.Cl. The molecular formula is C6H14ClNO. The maximum atomic E-state index is 5.42. The molecule has 0 saturated carbocycles. The molecule has 3 heteroatoms. The lowest BCUT2D eigenvalue weighted by Gasteiger charge is -1.98. The van der Waals surface area contributed by atoms with Crippen molar-refractivity contribution in [3.8, 4) is 0 Å². The topological polar surface area (TPSA) is 35.2 Å². The number of hydrogen-bond acceptors (Lipinski definition) is 2. The minimum atomic E-state index is 0. The third-order valence-electron chi connectivity index (χ3n) is 1.62. The number of rotatable bonds is 1. The van der Waals surface area contributed by atoms with Crippen LogP contribution in [0.4, 0.5) is 0 Å². The van der Waals surface area contributed by atoms with E-state index < -0.39 is 0 Å². The maximum Gasteiger partial charge on any atom is 0.0551 e. The lowest BCUT2D eigenvalue weighted by molar-refractivity contribution is 0.120. The normalized spacial score (nSPS) is 34.0. The van der Waals surface area contributed by atoms with Gasteiger partial charge in [0.1, 0.15) is 0 Å². The van der Waals surface area contributed by atoms with Crippen LogP contribution in [0, 0.1) is 5.92 Å². The molecular weight excluding hydrogens is 138 g/mol. The molecule has 1 fully saturated rings. The van der Waals surface area contributed by atoms with E-state index in [-0.39, 0.29) is 12.4 Å². The van der Waals surface area contributed by atoms with Gasteiger partial charge in [-0.15, -0.1) is 12.4 Å². The summed E-state index contributed by atoms with van der Waals surface area (Å²) in [5.41, 5.74) is 5.42. The Bertz CT molecular complexity index is 79.5. The second kappa shape index (κ2) is 4.09. The van der Waals surface area contributed by atoms with Gasteiger partial charge in [0.05, 0.1) is 12.7 Å². The second-order valence-electron chi connectivity index (χ2n) is 2.48. The predicted octanol–water partition coefficient (Wildman–Crippen LogP) is 0.792. The number of halogens is 1. The van der Waals surface area contributed by atoms with E-state index in [1.165, 1.54) is 0 Å². The standard InChI is InChI=1S/C6H13NO.ClH/c1-5-2-6(3-7)4-8-5;/h5-6H,2-4,7H2,1H3;1H/t5-,6-;/m1./s1. The number of nitrogens with two attached hydrogens (primary N) is 1. The average Bonchev–Trinajstić information content (AvgIpc) is 2.14. The third kappa shape index (κ3) is 2.52. The second-order valence-corrected chi connectivity index (χ2v) is 2.48. The van der Waals surface area contributed by atoms with Gasteiger partial charge >= 0.3 is 0 Å². The minimum Gasteiger partial charge on any atom is -0.378 e. The summed E-state index contributed by atoms with van der Waals surface area (Å²) in [4.78, 5) is 0. The molecule has 0 bridgehead atoms. The van der Waals surface area contributed by atoms with E-state index in [1.807, 2.05) is 0 Å². The summed E-state index contributed by atoms with van der Waals surface area (Å²) < 4.78 is 5.28. The molecule has 56 valence electrons. The van der Waals surface area contributed by atoms with Gasteiger partial charge in [-0.25, -0.2) is 0 Å². The van der Waals surface area contributed by atoms with Gasteiger partial charge in [-0.3, -0.25) is 0 Å². The van der Waals surface area contributed by atoms with Gasteiger partial charge in [0.2, 0.25) is 0 Å². The van der Waals surface area contributed by atoms with Gasteiger partial charge in [-0.2, -0.15) is 0 Å². The summed E-state index contributed by atoms with van der Waals surface area (Å²) in [6.07, 6.45) is 1.60. The van der Waals surface area contributed by atoms with Crippen LogP contribution in [-0.4, -0.2) is 19.3 Å². The first kappa shape index (κ1) is 9.21. The highest BCUT2D eigenvalue weighted by atomic mass is 35.5. The van der Waals surface area contributed by atoms with Crippen molar-refractivity contribution in [2.75, 3.05) is 13.2 Å². The molecule has 0 aliphatic carbocycles. The highest BCUT2D eigenvalue weighted by Gasteiger charge is 2.19. The van der Waals surface area contributed by atoms with Crippen LogP contribution in [0.3, 0.4) is 0 Å². The Labute approximate surface area is 62.2 Å². The zero-order valence-electron chi connectivity index (χ0n) is 5.67. The summed E-state index contributed by atoms with van der Waals surface area (Å²) in [5.74, 6) is 0.630. The lowest BCUT2D eigenvalue weighted by Crippen LogP contribution is -2.13. The Morgan fingerprint density at radius 2 is 2.33 bits per heavy atom. The molecule has 0 aromatic heterocycles. The molecule has 2 N–H and O–H groups in total. The first-order valence-corrected chi connectivity index (χ1v) is 3.14.